The molecule has 0 saturated heterocycles. The molecule has 0 heterocycles. The van der Waals surface area contributed by atoms with Gasteiger partial charge in [-0.3, -0.25) is 4.74 Å². The Hall–Kier alpha value is -2.44. The molecule has 0 aliphatic rings. The summed E-state index contributed by atoms with van der Waals surface area (Å²) in [5.41, 5.74) is 7.41. The smallest absolute Gasteiger partial charge is 0.0690 e. The molecule has 2 unspecified atom stereocenters. The lowest BCUT2D eigenvalue weighted by Gasteiger charge is -2.50. The summed E-state index contributed by atoms with van der Waals surface area (Å²) in [6.45, 7) is 18.0. The number of benzene rings is 4. The molecule has 0 aliphatic carbocycles. The summed E-state index contributed by atoms with van der Waals surface area (Å²) in [7, 11) is 0. The molecule has 0 amide bonds. The van der Waals surface area contributed by atoms with E-state index < -0.39 is 12.6 Å². The van der Waals surface area contributed by atoms with Crippen LogP contribution in [0, 0.1) is 0 Å². The van der Waals surface area contributed by atoms with E-state index in [1.54, 1.807) is 0 Å². The van der Waals surface area contributed by atoms with Crippen LogP contribution in [0.15, 0.2) is 102 Å². The van der Waals surface area contributed by atoms with Gasteiger partial charge in [0.2, 0.25) is 0 Å². The molecule has 45 heavy (non-hydrogen) atoms. The third-order valence-electron chi connectivity index (χ3n) is 8.72. The molecule has 4 aromatic rings. The first-order valence-corrected chi connectivity index (χ1v) is 22.2. The number of hydrogen-bond donors (Lipinski definition) is 0. The van der Waals surface area contributed by atoms with Gasteiger partial charge in [-0.1, -0.05) is 177 Å². The highest BCUT2D eigenvalue weighted by Gasteiger charge is 2.35. The highest BCUT2D eigenvalue weighted by atomic mass is 32.6. The van der Waals surface area contributed by atoms with Gasteiger partial charge in [0.15, 0.2) is 0 Å². The molecule has 4 aromatic carbocycles. The van der Waals surface area contributed by atoms with Crippen LogP contribution >= 0.6 is 12.6 Å². The molecule has 0 aliphatic heterocycles. The summed E-state index contributed by atoms with van der Waals surface area (Å²) < 4.78 is 6.20. The predicted molar refractivity (Wildman–Crippen MR) is 207 cm³/mol. The van der Waals surface area contributed by atoms with E-state index in [0.29, 0.717) is 23.7 Å². The molecule has 4 rings (SSSR count). The molecule has 0 N–H and O–H groups in total. The van der Waals surface area contributed by atoms with Crippen LogP contribution in [-0.4, -0.2) is 6.16 Å². The average molecular weight is 656 g/mol. The highest BCUT2D eigenvalue weighted by molar-refractivity contribution is 8.60. The van der Waals surface area contributed by atoms with E-state index >= 15 is 0 Å². The van der Waals surface area contributed by atoms with Crippen molar-refractivity contribution in [3.8, 4) is 0 Å². The Morgan fingerprint density at radius 2 is 1.00 bits per heavy atom. The molecule has 0 radical (unpaired) electrons. The minimum absolute atomic E-state index is 0.327. The van der Waals surface area contributed by atoms with Crippen LogP contribution in [0.25, 0.3) is 5.09 Å². The average Bonchev–Trinajstić information content (AvgIpc) is 3.03. The Bertz CT molecular complexity index is 1600. The van der Waals surface area contributed by atoms with Gasteiger partial charge in [-0.25, -0.2) is 0 Å². The third-order valence-corrected chi connectivity index (χ3v) is 22.2. The second kappa shape index (κ2) is 15.4. The maximum Gasteiger partial charge on any atom is 0.0690 e. The third kappa shape index (κ3) is 7.43. The number of unbranched alkanes of at least 4 members (excludes halogenated alkanes) is 1. The molecule has 0 saturated carbocycles. The zero-order chi connectivity index (χ0) is 32.8. The SMILES string of the molecule is CCCCP(=Nc1c(C(C)C)cccc1C(C)C)(c1ccccc1)P(=S)([N-]c1c(C(C)C)cccc1C(C)C)c1ccccc1. The van der Waals surface area contributed by atoms with E-state index in [4.69, 9.17) is 21.6 Å². The van der Waals surface area contributed by atoms with Crippen molar-refractivity contribution in [3.63, 3.8) is 0 Å². The molecule has 0 bridgehead atoms. The van der Waals surface area contributed by atoms with Gasteiger partial charge < -0.3 is 5.09 Å². The lowest BCUT2D eigenvalue weighted by molar-refractivity contribution is 0.835. The van der Waals surface area contributed by atoms with E-state index in [0.717, 1.165) is 30.4 Å². The molecule has 240 valence electrons. The fourth-order valence-corrected chi connectivity index (χ4v) is 19.0. The topological polar surface area (TPSA) is 26.5 Å². The maximum absolute atomic E-state index is 7.29. The Morgan fingerprint density at radius 3 is 1.42 bits per heavy atom. The molecule has 0 spiro atoms. The largest absolute Gasteiger partial charge is 0.642 e. The summed E-state index contributed by atoms with van der Waals surface area (Å²) >= 11 is 7.29. The number of hydrogen-bond acceptors (Lipinski definition) is 2. The number of rotatable bonds is 13. The van der Waals surface area contributed by atoms with Crippen molar-refractivity contribution in [2.75, 3.05) is 6.16 Å². The fourth-order valence-electron chi connectivity index (χ4n) is 6.14. The molecular formula is C40H53N2P2S-. The molecule has 0 fully saturated rings. The van der Waals surface area contributed by atoms with E-state index in [9.17, 15) is 0 Å². The summed E-state index contributed by atoms with van der Waals surface area (Å²) in [5, 5.41) is 8.47. The van der Waals surface area contributed by atoms with Crippen LogP contribution in [-0.2, 0) is 11.8 Å². The Balaban J connectivity index is 2.27. The van der Waals surface area contributed by atoms with Crippen molar-refractivity contribution in [3.05, 3.63) is 124 Å². The monoisotopic (exact) mass is 655 g/mol. The second-order valence-electron chi connectivity index (χ2n) is 13.4. The van der Waals surface area contributed by atoms with Crippen LogP contribution in [0.2, 0.25) is 0 Å². The minimum atomic E-state index is -2.78. The first-order chi connectivity index (χ1) is 21.5. The van der Waals surface area contributed by atoms with E-state index in [-0.39, 0.29) is 0 Å². The molecule has 5 heteroatoms. The Kier molecular flexibility index (Phi) is 12.1. The van der Waals surface area contributed by atoms with Gasteiger partial charge in [0.05, 0.1) is 5.69 Å². The lowest BCUT2D eigenvalue weighted by Crippen LogP contribution is -2.15. The van der Waals surface area contributed by atoms with Gasteiger partial charge in [0, 0.05) is 6.74 Å². The summed E-state index contributed by atoms with van der Waals surface area (Å²) in [4.78, 5) is 0. The summed E-state index contributed by atoms with van der Waals surface area (Å²) in [5.74, 6) is -1.45. The molecule has 0 aromatic heterocycles. The molecular weight excluding hydrogens is 602 g/mol. The van der Waals surface area contributed by atoms with Gasteiger partial charge in [0.25, 0.3) is 0 Å². The van der Waals surface area contributed by atoms with Gasteiger partial charge in [0.1, 0.15) is 0 Å². The second-order valence-corrected chi connectivity index (χ2v) is 24.0. The van der Waals surface area contributed by atoms with Crippen molar-refractivity contribution in [1.82, 2.24) is 0 Å². The normalized spacial score (nSPS) is 14.5. The van der Waals surface area contributed by atoms with Crippen LogP contribution in [0.5, 0.6) is 0 Å². The Morgan fingerprint density at radius 1 is 0.578 bits per heavy atom. The van der Waals surface area contributed by atoms with Crippen LogP contribution in [0.3, 0.4) is 0 Å². The van der Waals surface area contributed by atoms with Gasteiger partial charge in [-0.05, 0) is 63.9 Å². The zero-order valence-corrected chi connectivity index (χ0v) is 31.5. The van der Waals surface area contributed by atoms with E-state index in [1.165, 1.54) is 32.9 Å². The first-order valence-electron chi connectivity index (χ1n) is 16.8. The predicted octanol–water partition coefficient (Wildman–Crippen LogP) is 13.5. The van der Waals surface area contributed by atoms with Crippen molar-refractivity contribution >= 4 is 46.4 Å². The standard InChI is InChI=1S/C40H53N2P2S/c1-10-11-28-43(33-20-14-12-15-21-33,41-39-35(29(2)3)24-18-25-36(39)30(4)5)44(45,34-22-16-13-17-23-34)42-40-37(31(6)7)26-19-27-38(40)32(8)9/h12-27,29-32H,10-11,28H2,1-9H3/q-1. The van der Waals surface area contributed by atoms with Crippen molar-refractivity contribution in [2.45, 2.75) is 98.8 Å². The quantitative estimate of drug-likeness (QED) is 0.132. The molecule has 2 nitrogen and oxygen atoms in total. The van der Waals surface area contributed by atoms with Gasteiger partial charge in [-0.2, -0.15) is 0 Å². The molecule has 2 atom stereocenters. The van der Waals surface area contributed by atoms with E-state index in [1.807, 2.05) is 0 Å². The summed E-state index contributed by atoms with van der Waals surface area (Å²) in [6, 6.07) is 35.4. The van der Waals surface area contributed by atoms with Crippen molar-refractivity contribution < 1.29 is 0 Å². The van der Waals surface area contributed by atoms with Gasteiger partial charge >= 0.3 is 0 Å². The van der Waals surface area contributed by atoms with Crippen molar-refractivity contribution in [1.29, 1.82) is 0 Å². The van der Waals surface area contributed by atoms with E-state index in [2.05, 4.69) is 159 Å². The summed E-state index contributed by atoms with van der Waals surface area (Å²) in [6.07, 6.45) is 3.07. The highest BCUT2D eigenvalue weighted by Crippen LogP contribution is 2.87. The van der Waals surface area contributed by atoms with Crippen LogP contribution < -0.4 is 10.6 Å². The van der Waals surface area contributed by atoms with Crippen LogP contribution in [0.4, 0.5) is 11.4 Å². The minimum Gasteiger partial charge on any atom is -0.642 e. The first kappa shape index (κ1) is 35.4. The zero-order valence-electron chi connectivity index (χ0n) is 28.9. The maximum atomic E-state index is 7.29. The number of nitrogens with zero attached hydrogens (tertiary/aromatic N) is 2. The van der Waals surface area contributed by atoms with Gasteiger partial charge in [-0.15, -0.1) is 17.5 Å². The van der Waals surface area contributed by atoms with Crippen LogP contribution in [0.1, 0.15) is 121 Å². The fraction of sp³-hybridized carbons (Fsp3) is 0.400. The lowest BCUT2D eigenvalue weighted by atomic mass is 9.93. The Labute approximate surface area is 279 Å². The van der Waals surface area contributed by atoms with Crippen molar-refractivity contribution in [2.24, 2.45) is 4.74 Å².